The third kappa shape index (κ3) is 27.4. The summed E-state index contributed by atoms with van der Waals surface area (Å²) in [4.78, 5) is 11.4. The van der Waals surface area contributed by atoms with Crippen LogP contribution in [0.3, 0.4) is 0 Å². The smallest absolute Gasteiger partial charge is 0.137 e. The lowest BCUT2D eigenvalue weighted by Crippen LogP contribution is -2.15. The van der Waals surface area contributed by atoms with E-state index in [1.54, 1.807) is 7.11 Å². The van der Waals surface area contributed by atoms with Gasteiger partial charge in [-0.05, 0) is 0 Å². The highest BCUT2D eigenvalue weighted by Gasteiger charge is 2.06. The highest BCUT2D eigenvalue weighted by molar-refractivity contribution is 5.80. The average molecular weight is 483 g/mol. The second-order valence-electron chi connectivity index (χ2n) is 7.26. The molecule has 0 unspecified atom stereocenters. The fourth-order valence-electron chi connectivity index (χ4n) is 2.25. The molecule has 0 heterocycles. The Morgan fingerprint density at radius 3 is 0.939 bits per heavy atom. The van der Waals surface area contributed by atoms with E-state index < -0.39 is 0 Å². The largest absolute Gasteiger partial charge is 0.382 e. The number of methoxy groups -OCH3 is 1. The minimum absolute atomic E-state index is 0.0671. The van der Waals surface area contributed by atoms with Crippen LogP contribution >= 0.6 is 0 Å². The number of hydrogen-bond donors (Lipinski definition) is 0. The van der Waals surface area contributed by atoms with Gasteiger partial charge in [0, 0.05) is 19.4 Å². The van der Waals surface area contributed by atoms with E-state index >= 15 is 0 Å². The number of ketones is 1. The number of carbonyl (C=O) groups is 1. The fraction of sp³-hybridized carbons (Fsp3) is 0.957. The Morgan fingerprint density at radius 2 is 0.697 bits per heavy atom. The lowest BCUT2D eigenvalue weighted by atomic mass is 10.1. The molecule has 0 aliphatic rings. The zero-order chi connectivity index (χ0) is 24.2. The predicted octanol–water partition coefficient (Wildman–Crippen LogP) is 1.38. The standard InChI is InChI=1S/C23H46O10/c1-22(2)23(24)4-5-26-8-9-28-12-13-30-16-17-32-20-21-33-19-18-31-15-14-29-11-10-27-7-6-25-3/h22H,4-21H2,1-3H3. The van der Waals surface area contributed by atoms with E-state index in [-0.39, 0.29) is 11.7 Å². The summed E-state index contributed by atoms with van der Waals surface area (Å²) in [5.74, 6) is 0.290. The minimum atomic E-state index is 0.0671. The first-order valence-electron chi connectivity index (χ1n) is 11.8. The highest BCUT2D eigenvalue weighted by atomic mass is 16.6. The summed E-state index contributed by atoms with van der Waals surface area (Å²) in [5.41, 5.74) is 0. The van der Waals surface area contributed by atoms with Gasteiger partial charge in [-0.15, -0.1) is 0 Å². The molecule has 10 nitrogen and oxygen atoms in total. The predicted molar refractivity (Wildman–Crippen MR) is 123 cm³/mol. The van der Waals surface area contributed by atoms with Crippen LogP contribution in [0.1, 0.15) is 20.3 Å². The van der Waals surface area contributed by atoms with E-state index in [1.807, 2.05) is 13.8 Å². The summed E-state index contributed by atoms with van der Waals surface area (Å²) >= 11 is 0. The second kappa shape index (κ2) is 27.6. The number of rotatable bonds is 28. The highest BCUT2D eigenvalue weighted by Crippen LogP contribution is 1.98. The topological polar surface area (TPSA) is 100 Å². The molecule has 198 valence electrons. The molecule has 0 N–H and O–H groups in total. The van der Waals surface area contributed by atoms with Gasteiger partial charge in [-0.2, -0.15) is 0 Å². The van der Waals surface area contributed by atoms with Crippen LogP contribution in [0, 0.1) is 5.92 Å². The molecule has 0 aromatic carbocycles. The maximum atomic E-state index is 11.4. The van der Waals surface area contributed by atoms with E-state index in [0.717, 1.165) is 0 Å². The van der Waals surface area contributed by atoms with Crippen LogP contribution in [0.4, 0.5) is 0 Å². The Hall–Kier alpha value is -0.690. The maximum absolute atomic E-state index is 11.4. The van der Waals surface area contributed by atoms with Crippen molar-refractivity contribution in [2.75, 3.05) is 119 Å². The average Bonchev–Trinajstić information content (AvgIpc) is 2.81. The molecule has 33 heavy (non-hydrogen) atoms. The van der Waals surface area contributed by atoms with E-state index in [9.17, 15) is 4.79 Å². The van der Waals surface area contributed by atoms with Gasteiger partial charge in [0.2, 0.25) is 0 Å². The molecular formula is C23H46O10. The summed E-state index contributed by atoms with van der Waals surface area (Å²) in [5, 5.41) is 0. The van der Waals surface area contributed by atoms with Crippen LogP contribution in [0.2, 0.25) is 0 Å². The Bertz CT molecular complexity index is 395. The monoisotopic (exact) mass is 482 g/mol. The van der Waals surface area contributed by atoms with Crippen LogP contribution in [0.5, 0.6) is 0 Å². The van der Waals surface area contributed by atoms with Gasteiger partial charge in [-0.25, -0.2) is 0 Å². The molecule has 0 aliphatic heterocycles. The van der Waals surface area contributed by atoms with Crippen molar-refractivity contribution in [2.24, 2.45) is 5.92 Å². The molecule has 0 bridgehead atoms. The molecule has 0 saturated carbocycles. The van der Waals surface area contributed by atoms with Crippen molar-refractivity contribution in [1.29, 1.82) is 0 Å². The summed E-state index contributed by atoms with van der Waals surface area (Å²) < 4.78 is 48.0. The molecule has 0 atom stereocenters. The van der Waals surface area contributed by atoms with Crippen molar-refractivity contribution >= 4 is 5.78 Å². The normalized spacial score (nSPS) is 11.5. The molecule has 0 saturated heterocycles. The van der Waals surface area contributed by atoms with Gasteiger partial charge in [-0.1, -0.05) is 13.8 Å². The third-order valence-corrected chi connectivity index (χ3v) is 4.17. The summed E-state index contributed by atoms with van der Waals surface area (Å²) in [6, 6.07) is 0. The van der Waals surface area contributed by atoms with Crippen molar-refractivity contribution in [3.8, 4) is 0 Å². The van der Waals surface area contributed by atoms with Crippen molar-refractivity contribution in [1.82, 2.24) is 0 Å². The third-order valence-electron chi connectivity index (χ3n) is 4.17. The molecule has 0 aromatic heterocycles. The molecular weight excluding hydrogens is 436 g/mol. The zero-order valence-electron chi connectivity index (χ0n) is 20.9. The summed E-state index contributed by atoms with van der Waals surface area (Å²) in [6.07, 6.45) is 0.460. The first-order valence-corrected chi connectivity index (χ1v) is 11.8. The van der Waals surface area contributed by atoms with E-state index in [4.69, 9.17) is 42.6 Å². The zero-order valence-corrected chi connectivity index (χ0v) is 20.9. The second-order valence-corrected chi connectivity index (χ2v) is 7.26. The van der Waals surface area contributed by atoms with Gasteiger partial charge in [0.1, 0.15) is 5.78 Å². The maximum Gasteiger partial charge on any atom is 0.137 e. The Balaban J connectivity index is 3.05. The number of Topliss-reactive ketones (excluding diaryl/α,β-unsaturated/α-hetero) is 1. The molecule has 0 rings (SSSR count). The Morgan fingerprint density at radius 1 is 0.455 bits per heavy atom. The van der Waals surface area contributed by atoms with E-state index in [2.05, 4.69) is 0 Å². The Labute approximate surface area is 199 Å². The van der Waals surface area contributed by atoms with Gasteiger partial charge in [0.05, 0.1) is 112 Å². The van der Waals surface area contributed by atoms with Crippen LogP contribution in [0.15, 0.2) is 0 Å². The first-order chi connectivity index (χ1) is 16.2. The van der Waals surface area contributed by atoms with Gasteiger partial charge in [0.15, 0.2) is 0 Å². The molecule has 0 radical (unpaired) electrons. The summed E-state index contributed by atoms with van der Waals surface area (Å²) in [6.45, 7) is 12.7. The van der Waals surface area contributed by atoms with E-state index in [1.165, 1.54) is 0 Å². The number of ether oxygens (including phenoxy) is 9. The fourth-order valence-corrected chi connectivity index (χ4v) is 2.25. The quantitative estimate of drug-likeness (QED) is 0.152. The minimum Gasteiger partial charge on any atom is -0.382 e. The van der Waals surface area contributed by atoms with Gasteiger partial charge in [0.25, 0.3) is 0 Å². The van der Waals surface area contributed by atoms with Gasteiger partial charge >= 0.3 is 0 Å². The molecule has 0 aliphatic carbocycles. The molecule has 0 spiro atoms. The SMILES string of the molecule is COCCOCCOCCOCCOCCOCCOCCOCCOCCC(=O)C(C)C. The van der Waals surface area contributed by atoms with Gasteiger partial charge < -0.3 is 42.6 Å². The first kappa shape index (κ1) is 32.3. The number of hydrogen-bond acceptors (Lipinski definition) is 10. The van der Waals surface area contributed by atoms with Crippen LogP contribution in [-0.2, 0) is 47.4 Å². The van der Waals surface area contributed by atoms with Crippen molar-refractivity contribution in [3.63, 3.8) is 0 Å². The van der Waals surface area contributed by atoms with Crippen LogP contribution in [-0.4, -0.2) is 125 Å². The number of carbonyl (C=O) groups excluding carboxylic acids is 1. The molecule has 0 fully saturated rings. The molecule has 0 amide bonds. The van der Waals surface area contributed by atoms with E-state index in [0.29, 0.717) is 119 Å². The van der Waals surface area contributed by atoms with Crippen LogP contribution in [0.25, 0.3) is 0 Å². The van der Waals surface area contributed by atoms with Gasteiger partial charge in [-0.3, -0.25) is 4.79 Å². The molecule has 10 heteroatoms. The van der Waals surface area contributed by atoms with Crippen molar-refractivity contribution < 1.29 is 47.4 Å². The summed E-state index contributed by atoms with van der Waals surface area (Å²) in [7, 11) is 1.64. The lowest BCUT2D eigenvalue weighted by Gasteiger charge is -2.09. The molecule has 0 aromatic rings. The Kier molecular flexibility index (Phi) is 27.0. The van der Waals surface area contributed by atoms with Crippen molar-refractivity contribution in [3.05, 3.63) is 0 Å². The van der Waals surface area contributed by atoms with Crippen molar-refractivity contribution in [2.45, 2.75) is 20.3 Å². The lowest BCUT2D eigenvalue weighted by molar-refractivity contribution is -0.123. The van der Waals surface area contributed by atoms with Crippen LogP contribution < -0.4 is 0 Å².